The Morgan fingerprint density at radius 3 is 2.29 bits per heavy atom. The molecule has 0 spiro atoms. The van der Waals surface area contributed by atoms with Gasteiger partial charge in [0.1, 0.15) is 0 Å². The highest BCUT2D eigenvalue weighted by Crippen LogP contribution is 2.20. The summed E-state index contributed by atoms with van der Waals surface area (Å²) >= 11 is 0. The lowest BCUT2D eigenvalue weighted by atomic mass is 10.1. The van der Waals surface area contributed by atoms with Gasteiger partial charge in [-0.2, -0.15) is 0 Å². The van der Waals surface area contributed by atoms with E-state index in [1.54, 1.807) is 31.2 Å². The molecule has 0 heterocycles. The van der Waals surface area contributed by atoms with Crippen molar-refractivity contribution in [3.05, 3.63) is 29.8 Å². The lowest BCUT2D eigenvalue weighted by Crippen LogP contribution is -2.32. The molecule has 0 unspecified atom stereocenters. The maximum atomic E-state index is 12.1. The molecule has 1 aromatic carbocycles. The molecule has 1 aliphatic carbocycles. The second-order valence-electron chi connectivity index (χ2n) is 5.43. The van der Waals surface area contributed by atoms with Gasteiger partial charge in [-0.15, -0.1) is 0 Å². The van der Waals surface area contributed by atoms with E-state index >= 15 is 0 Å². The van der Waals surface area contributed by atoms with Crippen LogP contribution in [0.15, 0.2) is 24.3 Å². The van der Waals surface area contributed by atoms with Crippen LogP contribution < -0.4 is 9.62 Å². The first-order chi connectivity index (χ1) is 9.91. The highest BCUT2D eigenvalue weighted by Gasteiger charge is 2.19. The van der Waals surface area contributed by atoms with Crippen molar-refractivity contribution in [3.63, 3.8) is 0 Å². The van der Waals surface area contributed by atoms with E-state index in [0.717, 1.165) is 12.8 Å². The molecule has 1 aromatic rings. The number of sulfonamides is 1. The number of anilines is 1. The predicted molar refractivity (Wildman–Crippen MR) is 84.0 cm³/mol. The summed E-state index contributed by atoms with van der Waals surface area (Å²) in [5.41, 5.74) is 1.15. The van der Waals surface area contributed by atoms with Crippen LogP contribution in [-0.4, -0.2) is 33.2 Å². The van der Waals surface area contributed by atoms with Crippen LogP contribution in [0.25, 0.3) is 0 Å². The van der Waals surface area contributed by atoms with E-state index in [-0.39, 0.29) is 11.9 Å². The first-order valence-electron chi connectivity index (χ1n) is 7.30. The van der Waals surface area contributed by atoms with E-state index in [1.807, 2.05) is 0 Å². The smallest absolute Gasteiger partial charge is 0.251 e. The molecule has 5 nitrogen and oxygen atoms in total. The highest BCUT2D eigenvalue weighted by atomic mass is 32.2. The first-order valence-corrected chi connectivity index (χ1v) is 9.15. The Morgan fingerprint density at radius 1 is 1.24 bits per heavy atom. The number of nitrogens with one attached hydrogen (secondary N) is 1. The van der Waals surface area contributed by atoms with Gasteiger partial charge in [-0.25, -0.2) is 8.42 Å². The molecule has 6 heteroatoms. The van der Waals surface area contributed by atoms with Gasteiger partial charge in [0, 0.05) is 18.2 Å². The Morgan fingerprint density at radius 2 is 1.81 bits per heavy atom. The molecule has 1 saturated carbocycles. The van der Waals surface area contributed by atoms with Crippen LogP contribution in [0.3, 0.4) is 0 Å². The van der Waals surface area contributed by atoms with Crippen LogP contribution >= 0.6 is 0 Å². The van der Waals surface area contributed by atoms with Crippen molar-refractivity contribution in [1.29, 1.82) is 0 Å². The standard InChI is InChI=1S/C15H22N2O3S/c1-3-17(21(2,19)20)14-10-8-12(9-11-14)15(18)16-13-6-4-5-7-13/h8-11,13H,3-7H2,1-2H3,(H,16,18). The quantitative estimate of drug-likeness (QED) is 0.906. The number of carbonyl (C=O) groups is 1. The molecule has 0 aliphatic heterocycles. The molecule has 2 rings (SSSR count). The van der Waals surface area contributed by atoms with E-state index in [1.165, 1.54) is 23.4 Å². The van der Waals surface area contributed by atoms with Crippen LogP contribution in [-0.2, 0) is 10.0 Å². The number of carbonyl (C=O) groups excluding carboxylic acids is 1. The number of amides is 1. The third kappa shape index (κ3) is 3.97. The molecule has 0 aromatic heterocycles. The molecule has 1 fully saturated rings. The molecule has 0 atom stereocenters. The molecule has 0 bridgehead atoms. The Kier molecular flexibility index (Phi) is 4.88. The minimum absolute atomic E-state index is 0.0872. The molecule has 21 heavy (non-hydrogen) atoms. The SMILES string of the molecule is CCN(c1ccc(C(=O)NC2CCCC2)cc1)S(C)(=O)=O. The van der Waals surface area contributed by atoms with E-state index < -0.39 is 10.0 Å². The zero-order chi connectivity index (χ0) is 15.5. The van der Waals surface area contributed by atoms with Gasteiger partial charge in [-0.1, -0.05) is 12.8 Å². The van der Waals surface area contributed by atoms with Crippen LogP contribution in [0, 0.1) is 0 Å². The molecule has 1 N–H and O–H groups in total. The van der Waals surface area contributed by atoms with E-state index in [4.69, 9.17) is 0 Å². The van der Waals surface area contributed by atoms with E-state index in [9.17, 15) is 13.2 Å². The average molecular weight is 310 g/mol. The van der Waals surface area contributed by atoms with E-state index in [2.05, 4.69) is 5.32 Å². The normalized spacial score (nSPS) is 15.9. The fourth-order valence-corrected chi connectivity index (χ4v) is 3.70. The number of hydrogen-bond acceptors (Lipinski definition) is 3. The van der Waals surface area contributed by atoms with Crippen molar-refractivity contribution in [3.8, 4) is 0 Å². The lowest BCUT2D eigenvalue weighted by molar-refractivity contribution is 0.0938. The predicted octanol–water partition coefficient (Wildman–Crippen LogP) is 2.14. The van der Waals surface area contributed by atoms with Crippen molar-refractivity contribution >= 4 is 21.6 Å². The largest absolute Gasteiger partial charge is 0.349 e. The van der Waals surface area contributed by atoms with Crippen molar-refractivity contribution < 1.29 is 13.2 Å². The topological polar surface area (TPSA) is 66.5 Å². The number of rotatable bonds is 5. The fourth-order valence-electron chi connectivity index (χ4n) is 2.73. The Hall–Kier alpha value is -1.56. The maximum absolute atomic E-state index is 12.1. The van der Waals surface area contributed by atoms with Crippen molar-refractivity contribution in [2.75, 3.05) is 17.1 Å². The van der Waals surface area contributed by atoms with Crippen LogP contribution in [0.5, 0.6) is 0 Å². The summed E-state index contributed by atoms with van der Waals surface area (Å²) in [6.07, 6.45) is 5.60. The van der Waals surface area contributed by atoms with Crippen molar-refractivity contribution in [1.82, 2.24) is 5.32 Å². The van der Waals surface area contributed by atoms with Gasteiger partial charge in [0.05, 0.1) is 11.9 Å². The summed E-state index contributed by atoms with van der Waals surface area (Å²) in [7, 11) is -3.29. The van der Waals surface area contributed by atoms with Gasteiger partial charge in [-0.3, -0.25) is 9.10 Å². The van der Waals surface area contributed by atoms with Gasteiger partial charge in [0.15, 0.2) is 0 Å². The fraction of sp³-hybridized carbons (Fsp3) is 0.533. The molecular weight excluding hydrogens is 288 g/mol. The van der Waals surface area contributed by atoms with Crippen LogP contribution in [0.1, 0.15) is 43.0 Å². The molecule has 0 saturated heterocycles. The van der Waals surface area contributed by atoms with Gasteiger partial charge >= 0.3 is 0 Å². The first kappa shape index (κ1) is 15.8. The lowest BCUT2D eigenvalue weighted by Gasteiger charge is -2.20. The molecule has 1 amide bonds. The minimum Gasteiger partial charge on any atom is -0.349 e. The highest BCUT2D eigenvalue weighted by molar-refractivity contribution is 7.92. The number of hydrogen-bond donors (Lipinski definition) is 1. The molecular formula is C15H22N2O3S. The monoisotopic (exact) mass is 310 g/mol. The summed E-state index contributed by atoms with van der Waals surface area (Å²) in [6, 6.07) is 6.98. The van der Waals surface area contributed by atoms with Gasteiger partial charge in [0.25, 0.3) is 5.91 Å². The molecule has 1 aliphatic rings. The second kappa shape index (κ2) is 6.47. The van der Waals surface area contributed by atoms with Crippen molar-refractivity contribution in [2.45, 2.75) is 38.6 Å². The number of benzene rings is 1. The zero-order valence-electron chi connectivity index (χ0n) is 12.5. The maximum Gasteiger partial charge on any atom is 0.251 e. The Bertz CT molecular complexity index is 590. The van der Waals surface area contributed by atoms with Gasteiger partial charge in [-0.05, 0) is 44.0 Å². The zero-order valence-corrected chi connectivity index (χ0v) is 13.3. The van der Waals surface area contributed by atoms with Crippen LogP contribution in [0.2, 0.25) is 0 Å². The summed E-state index contributed by atoms with van der Waals surface area (Å²) in [5.74, 6) is -0.0872. The average Bonchev–Trinajstić information content (AvgIpc) is 2.91. The second-order valence-corrected chi connectivity index (χ2v) is 7.34. The van der Waals surface area contributed by atoms with E-state index in [0.29, 0.717) is 17.8 Å². The summed E-state index contributed by atoms with van der Waals surface area (Å²) in [6.45, 7) is 2.15. The third-order valence-corrected chi connectivity index (χ3v) is 5.07. The number of nitrogens with zero attached hydrogens (tertiary/aromatic N) is 1. The minimum atomic E-state index is -3.29. The third-order valence-electron chi connectivity index (χ3n) is 3.80. The van der Waals surface area contributed by atoms with Gasteiger partial charge < -0.3 is 5.32 Å². The van der Waals surface area contributed by atoms with Crippen LogP contribution in [0.4, 0.5) is 5.69 Å². The van der Waals surface area contributed by atoms with Crippen molar-refractivity contribution in [2.24, 2.45) is 0 Å². The summed E-state index contributed by atoms with van der Waals surface area (Å²) < 4.78 is 24.6. The summed E-state index contributed by atoms with van der Waals surface area (Å²) in [5, 5.41) is 3.02. The summed E-state index contributed by atoms with van der Waals surface area (Å²) in [4.78, 5) is 12.1. The van der Waals surface area contributed by atoms with Gasteiger partial charge in [0.2, 0.25) is 10.0 Å². The molecule has 0 radical (unpaired) electrons. The Labute approximate surface area is 126 Å². The molecule has 116 valence electrons. The Balaban J connectivity index is 2.09.